The first-order valence-electron chi connectivity index (χ1n) is 3.42. The lowest BCUT2D eigenvalue weighted by Gasteiger charge is -1.87. The summed E-state index contributed by atoms with van der Waals surface area (Å²) in [7, 11) is 0. The summed E-state index contributed by atoms with van der Waals surface area (Å²) in [6.45, 7) is 0. The van der Waals surface area contributed by atoms with Crippen LogP contribution in [0.4, 0.5) is 23.3 Å². The normalized spacial score (nSPS) is 13.1. The van der Waals surface area contributed by atoms with E-state index in [9.17, 15) is 0 Å². The SMILES string of the molecule is N1=Nc2nonc2N=Nc2nonc21. The zero-order valence-corrected chi connectivity index (χ0v) is 6.39. The summed E-state index contributed by atoms with van der Waals surface area (Å²) in [5.41, 5.74) is 0. The zero-order chi connectivity index (χ0) is 9.38. The van der Waals surface area contributed by atoms with E-state index in [1.54, 1.807) is 0 Å². The molecule has 0 radical (unpaired) electrons. The number of rotatable bonds is 0. The van der Waals surface area contributed by atoms with Gasteiger partial charge in [0.15, 0.2) is 0 Å². The van der Waals surface area contributed by atoms with Gasteiger partial charge in [-0.15, -0.1) is 20.5 Å². The summed E-state index contributed by atoms with van der Waals surface area (Å²) in [6.07, 6.45) is 0. The highest BCUT2D eigenvalue weighted by atomic mass is 16.6. The molecule has 0 saturated heterocycles. The van der Waals surface area contributed by atoms with Gasteiger partial charge in [-0.2, -0.15) is 0 Å². The molecule has 2 aromatic heterocycles. The van der Waals surface area contributed by atoms with Gasteiger partial charge in [0.25, 0.3) is 23.3 Å². The topological polar surface area (TPSA) is 127 Å². The highest BCUT2D eigenvalue weighted by molar-refractivity contribution is 5.53. The Morgan fingerprint density at radius 3 is 1.07 bits per heavy atom. The molecule has 68 valence electrons. The molecule has 0 amide bonds. The third kappa shape index (κ3) is 0.903. The van der Waals surface area contributed by atoms with E-state index in [1.165, 1.54) is 0 Å². The van der Waals surface area contributed by atoms with E-state index in [0.717, 1.165) is 0 Å². The fourth-order valence-electron chi connectivity index (χ4n) is 0.800. The van der Waals surface area contributed by atoms with Crippen molar-refractivity contribution in [1.82, 2.24) is 20.6 Å². The van der Waals surface area contributed by atoms with Gasteiger partial charge in [0.1, 0.15) is 0 Å². The maximum Gasteiger partial charge on any atom is 0.265 e. The number of aromatic nitrogens is 4. The van der Waals surface area contributed by atoms with Gasteiger partial charge in [-0.05, 0) is 20.6 Å². The van der Waals surface area contributed by atoms with Gasteiger partial charge in [0.2, 0.25) is 0 Å². The van der Waals surface area contributed by atoms with Crippen molar-refractivity contribution in [2.45, 2.75) is 0 Å². The van der Waals surface area contributed by atoms with Crippen molar-refractivity contribution in [2.24, 2.45) is 20.5 Å². The molecule has 0 aromatic carbocycles. The fourth-order valence-corrected chi connectivity index (χ4v) is 0.800. The summed E-state index contributed by atoms with van der Waals surface area (Å²) in [6, 6.07) is 0. The van der Waals surface area contributed by atoms with E-state index in [2.05, 4.69) is 50.3 Å². The smallest absolute Gasteiger partial charge is 0.240 e. The first kappa shape index (κ1) is 6.94. The molecular weight excluding hydrogens is 192 g/mol. The summed E-state index contributed by atoms with van der Waals surface area (Å²) < 4.78 is 8.76. The molecule has 3 heterocycles. The van der Waals surface area contributed by atoms with Gasteiger partial charge in [-0.1, -0.05) is 0 Å². The molecule has 0 unspecified atom stereocenters. The van der Waals surface area contributed by atoms with Crippen LogP contribution < -0.4 is 0 Å². The van der Waals surface area contributed by atoms with Gasteiger partial charge in [0, 0.05) is 0 Å². The maximum absolute atomic E-state index is 4.38. The highest BCUT2D eigenvalue weighted by Gasteiger charge is 2.15. The third-order valence-electron chi connectivity index (χ3n) is 1.39. The molecule has 1 aliphatic rings. The Morgan fingerprint density at radius 2 is 0.786 bits per heavy atom. The molecule has 10 heteroatoms. The standard InChI is InChI=1S/C4N8O2/c5-1-2(10-13-9-1)6-8-4-3(7-5)11-14-12-4. The molecule has 0 bridgehead atoms. The average molecular weight is 192 g/mol. The van der Waals surface area contributed by atoms with Crippen LogP contribution in [0.1, 0.15) is 0 Å². The first-order valence-corrected chi connectivity index (χ1v) is 3.42. The van der Waals surface area contributed by atoms with Gasteiger partial charge in [-0.3, -0.25) is 0 Å². The number of hydrogen-bond acceptors (Lipinski definition) is 10. The van der Waals surface area contributed by atoms with Crippen molar-refractivity contribution in [3.05, 3.63) is 0 Å². The van der Waals surface area contributed by atoms with Crippen LogP contribution in [0.5, 0.6) is 0 Å². The third-order valence-corrected chi connectivity index (χ3v) is 1.39. The van der Waals surface area contributed by atoms with E-state index in [4.69, 9.17) is 0 Å². The lowest BCUT2D eigenvalue weighted by atomic mass is 10.6. The molecule has 0 N–H and O–H groups in total. The minimum absolute atomic E-state index is 0.127. The van der Waals surface area contributed by atoms with Crippen molar-refractivity contribution in [3.63, 3.8) is 0 Å². The van der Waals surface area contributed by atoms with E-state index in [0.29, 0.717) is 0 Å². The molecule has 0 spiro atoms. The Bertz CT molecular complexity index is 434. The van der Waals surface area contributed by atoms with Crippen LogP contribution in [0.15, 0.2) is 29.7 Å². The highest BCUT2D eigenvalue weighted by Crippen LogP contribution is 2.32. The Balaban J connectivity index is 2.20. The second-order valence-electron chi connectivity index (χ2n) is 2.22. The molecule has 0 saturated carbocycles. The zero-order valence-electron chi connectivity index (χ0n) is 6.39. The van der Waals surface area contributed by atoms with Crippen LogP contribution in [0.25, 0.3) is 0 Å². The van der Waals surface area contributed by atoms with Gasteiger partial charge < -0.3 is 0 Å². The second-order valence-corrected chi connectivity index (χ2v) is 2.22. The molecular formula is C4N8O2. The quantitative estimate of drug-likeness (QED) is 0.531. The second kappa shape index (κ2) is 2.48. The minimum Gasteiger partial charge on any atom is -0.240 e. The Hall–Kier alpha value is -2.52. The monoisotopic (exact) mass is 192 g/mol. The number of fused-ring (bicyclic) bond motifs is 2. The molecule has 0 fully saturated rings. The van der Waals surface area contributed by atoms with E-state index in [-0.39, 0.29) is 23.3 Å². The van der Waals surface area contributed by atoms with Gasteiger partial charge >= 0.3 is 0 Å². The number of hydrogen-bond donors (Lipinski definition) is 0. The van der Waals surface area contributed by atoms with Gasteiger partial charge in [-0.25, -0.2) is 9.26 Å². The molecule has 0 aliphatic carbocycles. The minimum atomic E-state index is 0.127. The van der Waals surface area contributed by atoms with Gasteiger partial charge in [0.05, 0.1) is 0 Å². The molecule has 1 aliphatic heterocycles. The predicted octanol–water partition coefficient (Wildman–Crippen LogP) is 1.60. The molecule has 3 rings (SSSR count). The largest absolute Gasteiger partial charge is 0.265 e. The van der Waals surface area contributed by atoms with Crippen LogP contribution >= 0.6 is 0 Å². The van der Waals surface area contributed by atoms with Crippen LogP contribution in [0, 0.1) is 0 Å². The van der Waals surface area contributed by atoms with E-state index >= 15 is 0 Å². The van der Waals surface area contributed by atoms with E-state index < -0.39 is 0 Å². The fraction of sp³-hybridized carbons (Fsp3) is 0. The van der Waals surface area contributed by atoms with Crippen molar-refractivity contribution in [2.75, 3.05) is 0 Å². The van der Waals surface area contributed by atoms with Crippen LogP contribution in [0.3, 0.4) is 0 Å². The molecule has 2 aromatic rings. The van der Waals surface area contributed by atoms with Crippen LogP contribution in [0.2, 0.25) is 0 Å². The molecule has 0 atom stereocenters. The Kier molecular flexibility index (Phi) is 1.23. The van der Waals surface area contributed by atoms with Crippen LogP contribution in [-0.2, 0) is 0 Å². The average Bonchev–Trinajstić information content (AvgIpc) is 2.75. The van der Waals surface area contributed by atoms with E-state index in [1.807, 2.05) is 0 Å². The Morgan fingerprint density at radius 1 is 0.500 bits per heavy atom. The molecule has 14 heavy (non-hydrogen) atoms. The predicted molar refractivity (Wildman–Crippen MR) is 36.9 cm³/mol. The summed E-state index contributed by atoms with van der Waals surface area (Å²) in [5, 5.41) is 28.4. The maximum atomic E-state index is 4.38. The van der Waals surface area contributed by atoms with Crippen LogP contribution in [-0.4, -0.2) is 20.6 Å². The Labute approximate surface area is 74.6 Å². The lowest BCUT2D eigenvalue weighted by Crippen LogP contribution is -1.69. The summed E-state index contributed by atoms with van der Waals surface area (Å²) in [4.78, 5) is 0. The summed E-state index contributed by atoms with van der Waals surface area (Å²) in [5.74, 6) is 0.509. The van der Waals surface area contributed by atoms with Crippen molar-refractivity contribution in [3.8, 4) is 0 Å². The van der Waals surface area contributed by atoms with Crippen molar-refractivity contribution in [1.29, 1.82) is 0 Å². The van der Waals surface area contributed by atoms with Crippen molar-refractivity contribution < 1.29 is 9.26 Å². The first-order chi connectivity index (χ1) is 6.93. The number of nitrogens with zero attached hydrogens (tertiary/aromatic N) is 8. The number of azo groups is 2. The van der Waals surface area contributed by atoms with Crippen molar-refractivity contribution >= 4 is 23.3 Å². The lowest BCUT2D eigenvalue weighted by molar-refractivity contribution is 0.307. The molecule has 10 nitrogen and oxygen atoms in total. The summed E-state index contributed by atoms with van der Waals surface area (Å²) >= 11 is 0.